The minimum atomic E-state index is -3.70. The molecule has 0 aliphatic heterocycles. The highest BCUT2D eigenvalue weighted by molar-refractivity contribution is 7.99. The topological polar surface area (TPSA) is 75.3 Å². The summed E-state index contributed by atoms with van der Waals surface area (Å²) in [4.78, 5) is 12.8. The van der Waals surface area contributed by atoms with Crippen LogP contribution >= 0.6 is 11.8 Å². The van der Waals surface area contributed by atoms with Gasteiger partial charge in [-0.25, -0.2) is 8.42 Å². The van der Waals surface area contributed by atoms with Gasteiger partial charge in [0.05, 0.1) is 10.6 Å². The normalized spacial score (nSPS) is 15.1. The molecule has 0 saturated heterocycles. The second-order valence-corrected chi connectivity index (χ2v) is 10.4. The molecule has 0 radical (unpaired) electrons. The van der Waals surface area contributed by atoms with Gasteiger partial charge in [-0.05, 0) is 49.6 Å². The average Bonchev–Trinajstić information content (AvgIpc) is 2.74. The number of thioether (sulfide) groups is 1. The monoisotopic (exact) mass is 432 g/mol. The van der Waals surface area contributed by atoms with Gasteiger partial charge in [0, 0.05) is 23.1 Å². The molecule has 0 spiro atoms. The molecule has 1 aliphatic rings. The van der Waals surface area contributed by atoms with Gasteiger partial charge in [-0.2, -0.15) is 11.8 Å². The molecule has 3 rings (SSSR count). The smallest absolute Gasteiger partial charge is 0.261 e. The van der Waals surface area contributed by atoms with E-state index in [-0.39, 0.29) is 10.8 Å². The third-order valence-electron chi connectivity index (χ3n) is 5.17. The van der Waals surface area contributed by atoms with Gasteiger partial charge in [0.15, 0.2) is 0 Å². The summed E-state index contributed by atoms with van der Waals surface area (Å²) < 4.78 is 27.8. The van der Waals surface area contributed by atoms with Gasteiger partial charge >= 0.3 is 0 Å². The van der Waals surface area contributed by atoms with Crippen molar-refractivity contribution in [2.75, 3.05) is 17.0 Å². The number of hydrogen-bond donors (Lipinski definition) is 2. The van der Waals surface area contributed by atoms with E-state index in [0.29, 0.717) is 23.4 Å². The van der Waals surface area contributed by atoms with E-state index in [0.717, 1.165) is 11.0 Å². The highest BCUT2D eigenvalue weighted by Crippen LogP contribution is 2.28. The molecule has 2 N–H and O–H groups in total. The molecule has 0 atom stereocenters. The van der Waals surface area contributed by atoms with E-state index in [1.54, 1.807) is 43.3 Å². The molecular weight excluding hydrogens is 404 g/mol. The summed E-state index contributed by atoms with van der Waals surface area (Å²) >= 11 is 1.94. The Hall–Kier alpha value is -1.99. The maximum Gasteiger partial charge on any atom is 0.261 e. The highest BCUT2D eigenvalue weighted by atomic mass is 32.2. The van der Waals surface area contributed by atoms with Crippen LogP contribution in [0.5, 0.6) is 0 Å². The highest BCUT2D eigenvalue weighted by Gasteiger charge is 2.18. The van der Waals surface area contributed by atoms with Crippen LogP contribution < -0.4 is 10.0 Å². The van der Waals surface area contributed by atoms with E-state index in [2.05, 4.69) is 10.0 Å². The van der Waals surface area contributed by atoms with Crippen molar-refractivity contribution in [2.45, 2.75) is 49.2 Å². The zero-order chi connectivity index (χ0) is 20.7. The molecule has 2 aromatic rings. The number of hydrogen-bond acceptors (Lipinski definition) is 4. The third-order valence-corrected chi connectivity index (χ3v) is 7.93. The van der Waals surface area contributed by atoms with E-state index in [9.17, 15) is 13.2 Å². The van der Waals surface area contributed by atoms with Gasteiger partial charge in [-0.15, -0.1) is 0 Å². The van der Waals surface area contributed by atoms with Crippen molar-refractivity contribution in [3.8, 4) is 0 Å². The molecule has 0 unspecified atom stereocenters. The first-order chi connectivity index (χ1) is 14.0. The number of rotatable bonds is 8. The summed E-state index contributed by atoms with van der Waals surface area (Å²) in [5.41, 5.74) is 1.52. The Labute approximate surface area is 177 Å². The minimum absolute atomic E-state index is 0.174. The van der Waals surface area contributed by atoms with Crippen LogP contribution in [0, 0.1) is 6.92 Å². The van der Waals surface area contributed by atoms with Crippen molar-refractivity contribution >= 4 is 33.4 Å². The molecule has 1 amide bonds. The molecule has 0 bridgehead atoms. The van der Waals surface area contributed by atoms with Crippen LogP contribution in [0.3, 0.4) is 0 Å². The maximum absolute atomic E-state index is 12.6. The number of anilines is 1. The van der Waals surface area contributed by atoms with E-state index in [1.165, 1.54) is 44.2 Å². The first kappa shape index (κ1) is 21.7. The SMILES string of the molecule is Cc1c(NS(=O)(=O)c2ccccc2)cccc1C(=O)NCCSC1CCCCC1. The van der Waals surface area contributed by atoms with Gasteiger partial charge in [0.1, 0.15) is 0 Å². The predicted molar refractivity (Wildman–Crippen MR) is 120 cm³/mol. The lowest BCUT2D eigenvalue weighted by Crippen LogP contribution is -2.27. The molecule has 2 aromatic carbocycles. The quantitative estimate of drug-likeness (QED) is 0.598. The lowest BCUT2D eigenvalue weighted by atomic mass is 10.0. The largest absolute Gasteiger partial charge is 0.351 e. The zero-order valence-electron chi connectivity index (χ0n) is 16.7. The molecule has 0 aromatic heterocycles. The van der Waals surface area contributed by atoms with Crippen molar-refractivity contribution in [2.24, 2.45) is 0 Å². The van der Waals surface area contributed by atoms with Crippen LogP contribution in [0.1, 0.15) is 48.0 Å². The Bertz CT molecular complexity index is 924. The molecule has 7 heteroatoms. The molecule has 0 heterocycles. The Balaban J connectivity index is 1.59. The molecule has 29 heavy (non-hydrogen) atoms. The second kappa shape index (κ2) is 10.2. The third kappa shape index (κ3) is 6.00. The van der Waals surface area contributed by atoms with Crippen molar-refractivity contribution in [3.63, 3.8) is 0 Å². The van der Waals surface area contributed by atoms with E-state index >= 15 is 0 Å². The summed E-state index contributed by atoms with van der Waals surface area (Å²) in [6, 6.07) is 13.3. The van der Waals surface area contributed by atoms with Gasteiger partial charge in [-0.1, -0.05) is 43.5 Å². The van der Waals surface area contributed by atoms with Crippen molar-refractivity contribution in [1.29, 1.82) is 0 Å². The van der Waals surface area contributed by atoms with Gasteiger partial charge < -0.3 is 5.32 Å². The van der Waals surface area contributed by atoms with E-state index in [1.807, 2.05) is 11.8 Å². The number of carbonyl (C=O) groups excluding carboxylic acids is 1. The standard InChI is InChI=1S/C22H28N2O3S2/c1-17-20(22(25)23-15-16-28-18-9-4-2-5-10-18)13-8-14-21(17)24-29(26,27)19-11-6-3-7-12-19/h3,6-8,11-14,18,24H,2,4-5,9-10,15-16H2,1H3,(H,23,25). The first-order valence-corrected chi connectivity index (χ1v) is 12.6. The summed E-state index contributed by atoms with van der Waals surface area (Å²) in [6.07, 6.45) is 6.53. The Kier molecular flexibility index (Phi) is 7.61. The maximum atomic E-state index is 12.6. The Morgan fingerprint density at radius 2 is 1.76 bits per heavy atom. The van der Waals surface area contributed by atoms with Gasteiger partial charge in [-0.3, -0.25) is 9.52 Å². The molecule has 5 nitrogen and oxygen atoms in total. The lowest BCUT2D eigenvalue weighted by Gasteiger charge is -2.21. The van der Waals surface area contributed by atoms with Gasteiger partial charge in [0.2, 0.25) is 0 Å². The molecule has 1 saturated carbocycles. The van der Waals surface area contributed by atoms with E-state index in [4.69, 9.17) is 0 Å². The number of amides is 1. The molecule has 1 fully saturated rings. The number of carbonyl (C=O) groups is 1. The van der Waals surface area contributed by atoms with Crippen LogP contribution in [-0.2, 0) is 10.0 Å². The fourth-order valence-corrected chi connectivity index (χ4v) is 5.88. The number of benzene rings is 2. The molecule has 1 aliphatic carbocycles. The summed E-state index contributed by atoms with van der Waals surface area (Å²) in [7, 11) is -3.70. The van der Waals surface area contributed by atoms with Crippen LogP contribution in [0.2, 0.25) is 0 Å². The first-order valence-electron chi connectivity index (χ1n) is 10.0. The van der Waals surface area contributed by atoms with Crippen LogP contribution in [0.15, 0.2) is 53.4 Å². The average molecular weight is 433 g/mol. The lowest BCUT2D eigenvalue weighted by molar-refractivity contribution is 0.0955. The summed E-state index contributed by atoms with van der Waals surface area (Å²) in [5.74, 6) is 0.725. The summed E-state index contributed by atoms with van der Waals surface area (Å²) in [5, 5.41) is 3.68. The molecule has 156 valence electrons. The molecular formula is C22H28N2O3S2. The predicted octanol–water partition coefficient (Wildman–Crippen LogP) is 4.59. The number of sulfonamides is 1. The van der Waals surface area contributed by atoms with Gasteiger partial charge in [0.25, 0.3) is 15.9 Å². The zero-order valence-corrected chi connectivity index (χ0v) is 18.3. The Morgan fingerprint density at radius 1 is 1.03 bits per heavy atom. The van der Waals surface area contributed by atoms with Crippen molar-refractivity contribution in [1.82, 2.24) is 5.32 Å². The van der Waals surface area contributed by atoms with Crippen molar-refractivity contribution < 1.29 is 13.2 Å². The van der Waals surface area contributed by atoms with Crippen molar-refractivity contribution in [3.05, 3.63) is 59.7 Å². The minimum Gasteiger partial charge on any atom is -0.351 e. The van der Waals surface area contributed by atoms with Crippen LogP contribution in [0.25, 0.3) is 0 Å². The fraction of sp³-hybridized carbons (Fsp3) is 0.409. The van der Waals surface area contributed by atoms with Crippen LogP contribution in [0.4, 0.5) is 5.69 Å². The van der Waals surface area contributed by atoms with E-state index < -0.39 is 10.0 Å². The second-order valence-electron chi connectivity index (χ2n) is 7.28. The fourth-order valence-electron chi connectivity index (χ4n) is 3.51. The summed E-state index contributed by atoms with van der Waals surface area (Å²) in [6.45, 7) is 2.37. The van der Waals surface area contributed by atoms with Crippen LogP contribution in [-0.4, -0.2) is 31.9 Å². The Morgan fingerprint density at radius 3 is 2.48 bits per heavy atom. The number of nitrogens with one attached hydrogen (secondary N) is 2.